The molecule has 0 bridgehead atoms. The van der Waals surface area contributed by atoms with Crippen LogP contribution in [0.15, 0.2) is 0 Å². The van der Waals surface area contributed by atoms with Gasteiger partial charge in [0.05, 0.1) is 0 Å². The van der Waals surface area contributed by atoms with Gasteiger partial charge in [0.2, 0.25) is 0 Å². The fourth-order valence-electron chi connectivity index (χ4n) is 0.999. The van der Waals surface area contributed by atoms with Crippen molar-refractivity contribution in [2.24, 2.45) is 0 Å². The van der Waals surface area contributed by atoms with Gasteiger partial charge in [-0.2, -0.15) is 0 Å². The summed E-state index contributed by atoms with van der Waals surface area (Å²) in [5, 5.41) is 0. The predicted octanol–water partition coefficient (Wildman–Crippen LogP) is 1.64. The third kappa shape index (κ3) is 5.49. The zero-order valence-corrected chi connectivity index (χ0v) is 13.0. The first-order valence-electron chi connectivity index (χ1n) is 5.31. The van der Waals surface area contributed by atoms with Crippen LogP contribution in [-0.2, 0) is 19.2 Å². The van der Waals surface area contributed by atoms with E-state index in [1.165, 1.54) is 0 Å². The molecule has 0 aliphatic heterocycles. The van der Waals surface area contributed by atoms with Gasteiger partial charge >= 0.3 is 96.9 Å². The molecule has 0 heterocycles. The fourth-order valence-corrected chi connectivity index (χ4v) is 5.91. The van der Waals surface area contributed by atoms with E-state index < -0.39 is 19.2 Å². The normalized spacial score (nSPS) is 13.3. The van der Waals surface area contributed by atoms with Crippen LogP contribution >= 0.6 is 0 Å². The van der Waals surface area contributed by atoms with Crippen molar-refractivity contribution in [3.05, 3.63) is 0 Å². The summed E-state index contributed by atoms with van der Waals surface area (Å²) in [4.78, 5) is 0. The molecular formula is C10H26N3Nb. The Morgan fingerprint density at radius 3 is 1.57 bits per heavy atom. The van der Waals surface area contributed by atoms with E-state index in [9.17, 15) is 0 Å². The zero-order valence-electron chi connectivity index (χ0n) is 10.8. The minimum atomic E-state index is -1.60. The number of nitrogens with one attached hydrogen (secondary N) is 1. The fraction of sp³-hybridized carbons (Fsp3) is 1.00. The summed E-state index contributed by atoms with van der Waals surface area (Å²) in [6.45, 7) is 13.5. The summed E-state index contributed by atoms with van der Waals surface area (Å²) in [5.74, 6) is 0. The van der Waals surface area contributed by atoms with E-state index in [0.717, 1.165) is 13.1 Å². The quantitative estimate of drug-likeness (QED) is 0.773. The molecule has 4 heteroatoms. The van der Waals surface area contributed by atoms with Gasteiger partial charge < -0.3 is 0 Å². The second kappa shape index (κ2) is 6.26. The SMILES string of the molecule is CC[N](C)[Nb]([NH]C(C)(C)C)[N](C)CC. The summed E-state index contributed by atoms with van der Waals surface area (Å²) >= 11 is -1.60. The van der Waals surface area contributed by atoms with Crippen LogP contribution in [0, 0.1) is 0 Å². The standard InChI is InChI=1S/C4H10N.2C3H8N.Nb/c1-4(2,3)5;2*1-3-4-2;/h5H,1-3H3;2*3H2,1-2H3;/q3*-1;+3. The van der Waals surface area contributed by atoms with Crippen LogP contribution in [0.25, 0.3) is 0 Å². The molecule has 0 unspecified atom stereocenters. The number of rotatable bonds is 5. The van der Waals surface area contributed by atoms with Crippen LogP contribution in [0.1, 0.15) is 34.6 Å². The molecule has 0 aromatic rings. The molecule has 1 N–H and O–H groups in total. The molecular weight excluding hydrogens is 255 g/mol. The van der Waals surface area contributed by atoms with Gasteiger partial charge in [0.1, 0.15) is 0 Å². The maximum atomic E-state index is 3.79. The first-order chi connectivity index (χ1) is 6.31. The number of hydrogen-bond acceptors (Lipinski definition) is 3. The van der Waals surface area contributed by atoms with Gasteiger partial charge in [-0.05, 0) is 0 Å². The molecule has 3 nitrogen and oxygen atoms in total. The second-order valence-corrected chi connectivity index (χ2v) is 9.93. The molecule has 0 spiro atoms. The van der Waals surface area contributed by atoms with Gasteiger partial charge in [0.25, 0.3) is 0 Å². The Hall–Kier alpha value is 0.620. The van der Waals surface area contributed by atoms with E-state index in [-0.39, 0.29) is 5.54 Å². The Bertz CT molecular complexity index is 146. The zero-order chi connectivity index (χ0) is 11.4. The molecule has 0 radical (unpaired) electrons. The third-order valence-electron chi connectivity index (χ3n) is 2.00. The van der Waals surface area contributed by atoms with Crippen molar-refractivity contribution in [2.45, 2.75) is 40.2 Å². The van der Waals surface area contributed by atoms with E-state index in [1.54, 1.807) is 0 Å². The summed E-state index contributed by atoms with van der Waals surface area (Å²) in [6.07, 6.45) is 0. The average molecular weight is 281 g/mol. The van der Waals surface area contributed by atoms with E-state index in [1.807, 2.05) is 0 Å². The average Bonchev–Trinajstić information content (AvgIpc) is 2.10. The Balaban J connectivity index is 4.40. The minimum absolute atomic E-state index is 0.232. The van der Waals surface area contributed by atoms with Crippen molar-refractivity contribution in [2.75, 3.05) is 27.2 Å². The van der Waals surface area contributed by atoms with Crippen molar-refractivity contribution in [3.63, 3.8) is 0 Å². The van der Waals surface area contributed by atoms with Crippen molar-refractivity contribution in [1.82, 2.24) is 10.3 Å². The molecule has 0 aliphatic rings. The summed E-state index contributed by atoms with van der Waals surface area (Å²) in [6, 6.07) is 0. The van der Waals surface area contributed by atoms with Crippen LogP contribution in [0.5, 0.6) is 0 Å². The topological polar surface area (TPSA) is 18.5 Å². The molecule has 0 rings (SSSR count). The van der Waals surface area contributed by atoms with Gasteiger partial charge in [0, 0.05) is 0 Å². The van der Waals surface area contributed by atoms with E-state index in [2.05, 4.69) is 59.0 Å². The molecule has 0 aromatic carbocycles. The van der Waals surface area contributed by atoms with Gasteiger partial charge in [-0.1, -0.05) is 0 Å². The maximum absolute atomic E-state index is 3.79. The monoisotopic (exact) mass is 281 g/mol. The molecule has 0 aromatic heterocycles. The number of hydrogen-bond donors (Lipinski definition) is 1. The van der Waals surface area contributed by atoms with Gasteiger partial charge in [-0.3, -0.25) is 0 Å². The molecule has 0 amide bonds. The van der Waals surface area contributed by atoms with Crippen molar-refractivity contribution in [3.8, 4) is 0 Å². The van der Waals surface area contributed by atoms with Gasteiger partial charge in [0.15, 0.2) is 0 Å². The number of nitrogens with zero attached hydrogens (tertiary/aromatic N) is 2. The Labute approximate surface area is 96.9 Å². The molecule has 86 valence electrons. The second-order valence-electron chi connectivity index (χ2n) is 4.60. The summed E-state index contributed by atoms with van der Waals surface area (Å²) in [7, 11) is 4.46. The van der Waals surface area contributed by atoms with Crippen LogP contribution in [0.3, 0.4) is 0 Å². The first kappa shape index (κ1) is 14.6. The summed E-state index contributed by atoms with van der Waals surface area (Å²) < 4.78 is 8.79. The third-order valence-corrected chi connectivity index (χ3v) is 8.71. The predicted molar refractivity (Wildman–Crippen MR) is 59.5 cm³/mol. The van der Waals surface area contributed by atoms with Crippen molar-refractivity contribution in [1.29, 1.82) is 0 Å². The van der Waals surface area contributed by atoms with Crippen LogP contribution < -0.4 is 3.72 Å². The molecule has 0 saturated heterocycles. The van der Waals surface area contributed by atoms with E-state index in [4.69, 9.17) is 0 Å². The van der Waals surface area contributed by atoms with Crippen molar-refractivity contribution >= 4 is 0 Å². The van der Waals surface area contributed by atoms with Crippen LogP contribution in [0.2, 0.25) is 0 Å². The van der Waals surface area contributed by atoms with Gasteiger partial charge in [-0.25, -0.2) is 0 Å². The first-order valence-corrected chi connectivity index (χ1v) is 8.38. The molecule has 0 fully saturated rings. The Morgan fingerprint density at radius 2 is 1.36 bits per heavy atom. The molecule has 0 atom stereocenters. The van der Waals surface area contributed by atoms with Gasteiger partial charge in [-0.15, -0.1) is 0 Å². The van der Waals surface area contributed by atoms with Crippen LogP contribution in [-0.4, -0.2) is 39.3 Å². The Morgan fingerprint density at radius 1 is 1.00 bits per heavy atom. The molecule has 14 heavy (non-hydrogen) atoms. The van der Waals surface area contributed by atoms with E-state index in [0.29, 0.717) is 0 Å². The van der Waals surface area contributed by atoms with Crippen molar-refractivity contribution < 1.29 is 19.2 Å². The van der Waals surface area contributed by atoms with E-state index >= 15 is 0 Å². The molecule has 0 saturated carbocycles. The van der Waals surface area contributed by atoms with Crippen LogP contribution in [0.4, 0.5) is 0 Å². The Kier molecular flexibility index (Phi) is 6.53. The summed E-state index contributed by atoms with van der Waals surface area (Å²) in [5.41, 5.74) is 0.232. The molecule has 0 aliphatic carbocycles.